The van der Waals surface area contributed by atoms with Crippen molar-refractivity contribution in [3.63, 3.8) is 0 Å². The molecule has 0 heterocycles. The van der Waals surface area contributed by atoms with E-state index in [1.807, 2.05) is 0 Å². The SMILES string of the molecule is COc1cc(C)c(NC(=O)/C=C/C(=O)O)cc1OC. The molecule has 0 saturated heterocycles. The van der Waals surface area contributed by atoms with Gasteiger partial charge in [0.25, 0.3) is 0 Å². The van der Waals surface area contributed by atoms with Gasteiger partial charge in [-0.25, -0.2) is 4.79 Å². The number of carboxylic acids is 1. The number of anilines is 1. The second kappa shape index (κ2) is 6.44. The zero-order chi connectivity index (χ0) is 14.4. The summed E-state index contributed by atoms with van der Waals surface area (Å²) in [6.45, 7) is 1.79. The molecule has 102 valence electrons. The van der Waals surface area contributed by atoms with Gasteiger partial charge in [0.1, 0.15) is 0 Å². The van der Waals surface area contributed by atoms with E-state index in [9.17, 15) is 9.59 Å². The Hall–Kier alpha value is -2.50. The number of methoxy groups -OCH3 is 2. The smallest absolute Gasteiger partial charge is 0.328 e. The van der Waals surface area contributed by atoms with E-state index in [-0.39, 0.29) is 0 Å². The highest BCUT2D eigenvalue weighted by molar-refractivity contribution is 6.02. The molecule has 0 aliphatic rings. The molecular formula is C13H15NO5. The van der Waals surface area contributed by atoms with Crippen LogP contribution in [0.25, 0.3) is 0 Å². The maximum absolute atomic E-state index is 11.5. The molecule has 6 heteroatoms. The Morgan fingerprint density at radius 1 is 1.16 bits per heavy atom. The van der Waals surface area contributed by atoms with Crippen LogP contribution in [0.2, 0.25) is 0 Å². The third-order valence-corrected chi connectivity index (χ3v) is 2.37. The molecule has 0 unspecified atom stereocenters. The minimum atomic E-state index is -1.18. The van der Waals surface area contributed by atoms with Gasteiger partial charge in [0.15, 0.2) is 11.5 Å². The predicted molar refractivity (Wildman–Crippen MR) is 69.7 cm³/mol. The van der Waals surface area contributed by atoms with Crippen LogP contribution in [0, 0.1) is 6.92 Å². The standard InChI is InChI=1S/C13H15NO5/c1-8-6-10(18-2)11(19-3)7-9(8)14-12(15)4-5-13(16)17/h4-7H,1-3H3,(H,14,15)(H,16,17)/b5-4+. The molecule has 0 saturated carbocycles. The van der Waals surface area contributed by atoms with Crippen LogP contribution in [0.4, 0.5) is 5.69 Å². The summed E-state index contributed by atoms with van der Waals surface area (Å²) in [6, 6.07) is 3.33. The molecule has 1 rings (SSSR count). The number of hydrogen-bond acceptors (Lipinski definition) is 4. The summed E-state index contributed by atoms with van der Waals surface area (Å²) in [5, 5.41) is 11.0. The van der Waals surface area contributed by atoms with Crippen molar-refractivity contribution in [1.82, 2.24) is 0 Å². The van der Waals surface area contributed by atoms with Gasteiger partial charge in [-0.05, 0) is 18.6 Å². The molecule has 0 bridgehead atoms. The van der Waals surface area contributed by atoms with Gasteiger partial charge in [0.05, 0.1) is 14.2 Å². The lowest BCUT2D eigenvalue weighted by molar-refractivity contribution is -0.131. The summed E-state index contributed by atoms with van der Waals surface area (Å²) < 4.78 is 10.2. The van der Waals surface area contributed by atoms with Gasteiger partial charge in [-0.1, -0.05) is 0 Å². The third-order valence-electron chi connectivity index (χ3n) is 2.37. The Morgan fingerprint density at radius 3 is 2.26 bits per heavy atom. The van der Waals surface area contributed by atoms with Crippen molar-refractivity contribution in [3.05, 3.63) is 29.8 Å². The van der Waals surface area contributed by atoms with Gasteiger partial charge >= 0.3 is 5.97 Å². The molecule has 0 radical (unpaired) electrons. The minimum Gasteiger partial charge on any atom is -0.493 e. The van der Waals surface area contributed by atoms with Crippen LogP contribution in [0.3, 0.4) is 0 Å². The van der Waals surface area contributed by atoms with Gasteiger partial charge in [-0.3, -0.25) is 4.79 Å². The van der Waals surface area contributed by atoms with E-state index in [1.54, 1.807) is 19.1 Å². The van der Waals surface area contributed by atoms with E-state index in [2.05, 4.69) is 5.32 Å². The summed E-state index contributed by atoms with van der Waals surface area (Å²) in [7, 11) is 3.01. The number of rotatable bonds is 5. The van der Waals surface area contributed by atoms with Crippen LogP contribution < -0.4 is 14.8 Å². The van der Waals surface area contributed by atoms with Crippen LogP contribution >= 0.6 is 0 Å². The molecule has 6 nitrogen and oxygen atoms in total. The Kier molecular flexibility index (Phi) is 4.93. The van der Waals surface area contributed by atoms with Crippen LogP contribution in [-0.2, 0) is 9.59 Å². The monoisotopic (exact) mass is 265 g/mol. The van der Waals surface area contributed by atoms with Gasteiger partial charge in [-0.2, -0.15) is 0 Å². The second-order valence-electron chi connectivity index (χ2n) is 3.68. The van der Waals surface area contributed by atoms with Crippen molar-refractivity contribution < 1.29 is 24.2 Å². The van der Waals surface area contributed by atoms with E-state index in [1.165, 1.54) is 14.2 Å². The van der Waals surface area contributed by atoms with E-state index in [0.29, 0.717) is 17.2 Å². The summed E-state index contributed by atoms with van der Waals surface area (Å²) in [6.07, 6.45) is 1.71. The van der Waals surface area contributed by atoms with Gasteiger partial charge in [0, 0.05) is 23.9 Å². The highest BCUT2D eigenvalue weighted by Gasteiger charge is 2.09. The number of amides is 1. The first-order chi connectivity index (χ1) is 8.97. The molecule has 0 atom stereocenters. The molecule has 0 aliphatic heterocycles. The lowest BCUT2D eigenvalue weighted by Gasteiger charge is -2.12. The topological polar surface area (TPSA) is 84.9 Å². The average Bonchev–Trinajstić information content (AvgIpc) is 2.38. The molecular weight excluding hydrogens is 250 g/mol. The molecule has 0 aliphatic carbocycles. The maximum Gasteiger partial charge on any atom is 0.328 e. The lowest BCUT2D eigenvalue weighted by atomic mass is 10.1. The van der Waals surface area contributed by atoms with Gasteiger partial charge in [-0.15, -0.1) is 0 Å². The number of hydrogen-bond donors (Lipinski definition) is 2. The predicted octanol–water partition coefficient (Wildman–Crippen LogP) is 1.59. The number of aliphatic carboxylic acids is 1. The highest BCUT2D eigenvalue weighted by atomic mass is 16.5. The molecule has 1 aromatic carbocycles. The molecule has 0 fully saturated rings. The zero-order valence-corrected chi connectivity index (χ0v) is 10.9. The fourth-order valence-corrected chi connectivity index (χ4v) is 1.44. The van der Waals surface area contributed by atoms with Crippen molar-refractivity contribution in [1.29, 1.82) is 0 Å². The van der Waals surface area contributed by atoms with E-state index < -0.39 is 11.9 Å². The molecule has 0 spiro atoms. The minimum absolute atomic E-state index is 0.477. The summed E-state index contributed by atoms with van der Waals surface area (Å²) >= 11 is 0. The lowest BCUT2D eigenvalue weighted by Crippen LogP contribution is -2.10. The number of ether oxygens (including phenoxy) is 2. The zero-order valence-electron chi connectivity index (χ0n) is 10.9. The molecule has 19 heavy (non-hydrogen) atoms. The van der Waals surface area contributed by atoms with Crippen molar-refractivity contribution in [2.45, 2.75) is 6.92 Å². The summed E-state index contributed by atoms with van der Waals surface area (Å²) in [4.78, 5) is 21.8. The first-order valence-corrected chi connectivity index (χ1v) is 5.42. The first-order valence-electron chi connectivity index (χ1n) is 5.42. The number of nitrogens with one attached hydrogen (secondary N) is 1. The number of aryl methyl sites for hydroxylation is 1. The van der Waals surface area contributed by atoms with Crippen LogP contribution in [0.15, 0.2) is 24.3 Å². The van der Waals surface area contributed by atoms with E-state index in [4.69, 9.17) is 14.6 Å². The van der Waals surface area contributed by atoms with Crippen molar-refractivity contribution in [3.8, 4) is 11.5 Å². The van der Waals surface area contributed by atoms with Crippen LogP contribution in [0.5, 0.6) is 11.5 Å². The quantitative estimate of drug-likeness (QED) is 0.790. The summed E-state index contributed by atoms with van der Waals surface area (Å²) in [5.74, 6) is -0.679. The average molecular weight is 265 g/mol. The Bertz CT molecular complexity index is 522. The normalized spacial score (nSPS) is 10.3. The highest BCUT2D eigenvalue weighted by Crippen LogP contribution is 2.32. The largest absolute Gasteiger partial charge is 0.493 e. The molecule has 1 amide bonds. The Balaban J connectivity index is 2.95. The van der Waals surface area contributed by atoms with Crippen LogP contribution in [-0.4, -0.2) is 31.2 Å². The Labute approximate surface area is 110 Å². The van der Waals surface area contributed by atoms with Crippen molar-refractivity contribution >= 4 is 17.6 Å². The fourth-order valence-electron chi connectivity index (χ4n) is 1.44. The maximum atomic E-state index is 11.5. The first kappa shape index (κ1) is 14.6. The van der Waals surface area contributed by atoms with Crippen molar-refractivity contribution in [2.75, 3.05) is 19.5 Å². The number of carbonyl (C=O) groups is 2. The van der Waals surface area contributed by atoms with Crippen LogP contribution in [0.1, 0.15) is 5.56 Å². The number of carbonyl (C=O) groups excluding carboxylic acids is 1. The second-order valence-corrected chi connectivity index (χ2v) is 3.68. The molecule has 0 aromatic heterocycles. The summed E-state index contributed by atoms with van der Waals surface area (Å²) in [5.41, 5.74) is 1.30. The molecule has 2 N–H and O–H groups in total. The fraction of sp³-hybridized carbons (Fsp3) is 0.231. The Morgan fingerprint density at radius 2 is 1.74 bits per heavy atom. The number of carboxylic acid groups (broad SMARTS) is 1. The third kappa shape index (κ3) is 4.02. The van der Waals surface area contributed by atoms with E-state index >= 15 is 0 Å². The number of benzene rings is 1. The van der Waals surface area contributed by atoms with Crippen molar-refractivity contribution in [2.24, 2.45) is 0 Å². The van der Waals surface area contributed by atoms with Gasteiger partial charge < -0.3 is 19.9 Å². The van der Waals surface area contributed by atoms with E-state index in [0.717, 1.165) is 17.7 Å². The molecule has 1 aromatic rings. The van der Waals surface area contributed by atoms with Gasteiger partial charge in [0.2, 0.25) is 5.91 Å².